The molecule has 2 N–H and O–H groups in total. The number of phenols is 1. The maximum Gasteiger partial charge on any atom is 0.309 e. The number of aliphatic hydroxyl groups excluding tert-OH is 1. The van der Waals surface area contributed by atoms with Gasteiger partial charge in [0.25, 0.3) is 11.7 Å². The molecular formula is C30H23NO6. The van der Waals surface area contributed by atoms with Crippen molar-refractivity contribution in [1.82, 2.24) is 0 Å². The lowest BCUT2D eigenvalue weighted by Crippen LogP contribution is -2.29. The Kier molecular flexibility index (Phi) is 6.19. The van der Waals surface area contributed by atoms with Crippen molar-refractivity contribution in [3.05, 3.63) is 113 Å². The third-order valence-corrected chi connectivity index (χ3v) is 6.44. The van der Waals surface area contributed by atoms with Crippen molar-refractivity contribution in [3.63, 3.8) is 0 Å². The van der Waals surface area contributed by atoms with Gasteiger partial charge in [0.05, 0.1) is 25.1 Å². The zero-order chi connectivity index (χ0) is 26.1. The van der Waals surface area contributed by atoms with Crippen LogP contribution >= 0.6 is 0 Å². The number of ether oxygens (including phenoxy) is 1. The molecule has 0 spiro atoms. The molecule has 7 heteroatoms. The van der Waals surface area contributed by atoms with E-state index in [-0.39, 0.29) is 23.5 Å². The van der Waals surface area contributed by atoms with Crippen molar-refractivity contribution < 1.29 is 29.3 Å². The summed E-state index contributed by atoms with van der Waals surface area (Å²) in [5.41, 5.74) is 1.86. The molecule has 184 valence electrons. The minimum Gasteiger partial charge on any atom is -0.508 e. The Morgan fingerprint density at radius 3 is 2.32 bits per heavy atom. The van der Waals surface area contributed by atoms with Gasteiger partial charge in [-0.3, -0.25) is 19.3 Å². The molecule has 1 saturated heterocycles. The largest absolute Gasteiger partial charge is 0.508 e. The highest BCUT2D eigenvalue weighted by molar-refractivity contribution is 6.51. The van der Waals surface area contributed by atoms with Gasteiger partial charge in [-0.15, -0.1) is 0 Å². The molecule has 1 heterocycles. The summed E-state index contributed by atoms with van der Waals surface area (Å²) in [6.07, 6.45) is 0.0630. The minimum absolute atomic E-state index is 0.0396. The molecule has 5 rings (SSSR count). The van der Waals surface area contributed by atoms with Gasteiger partial charge in [-0.25, -0.2) is 0 Å². The van der Waals surface area contributed by atoms with Crippen LogP contribution in [0, 0.1) is 0 Å². The molecule has 1 fully saturated rings. The first-order chi connectivity index (χ1) is 17.9. The molecule has 4 aromatic rings. The number of anilines is 1. The number of carbonyl (C=O) groups excluding carboxylic acids is 3. The van der Waals surface area contributed by atoms with Crippen molar-refractivity contribution in [2.45, 2.75) is 12.5 Å². The topological polar surface area (TPSA) is 104 Å². The highest BCUT2D eigenvalue weighted by Crippen LogP contribution is 2.43. The number of carbonyl (C=O) groups is 3. The number of hydrogen-bond acceptors (Lipinski definition) is 6. The van der Waals surface area contributed by atoms with Gasteiger partial charge in [0, 0.05) is 11.3 Å². The first-order valence-corrected chi connectivity index (χ1v) is 11.6. The first-order valence-electron chi connectivity index (χ1n) is 11.6. The van der Waals surface area contributed by atoms with Crippen LogP contribution in [0.15, 0.2) is 96.6 Å². The highest BCUT2D eigenvalue weighted by Gasteiger charge is 2.47. The van der Waals surface area contributed by atoms with Gasteiger partial charge in [-0.2, -0.15) is 0 Å². The second-order valence-electron chi connectivity index (χ2n) is 8.75. The number of Topliss-reactive ketones (excluding diaryl/α,β-unsaturated/α-hetero) is 1. The summed E-state index contributed by atoms with van der Waals surface area (Å²) < 4.78 is 4.70. The number of fused-ring (bicyclic) bond motifs is 1. The van der Waals surface area contributed by atoms with E-state index in [0.29, 0.717) is 22.4 Å². The highest BCUT2D eigenvalue weighted by atomic mass is 16.5. The molecule has 0 saturated carbocycles. The Hall–Kier alpha value is -4.91. The summed E-state index contributed by atoms with van der Waals surface area (Å²) >= 11 is 0. The van der Waals surface area contributed by atoms with Gasteiger partial charge in [0.1, 0.15) is 11.5 Å². The number of hydrogen-bond donors (Lipinski definition) is 2. The number of methoxy groups -OCH3 is 1. The summed E-state index contributed by atoms with van der Waals surface area (Å²) in [5, 5.41) is 23.4. The number of esters is 1. The molecule has 1 aliphatic heterocycles. The molecule has 0 aromatic heterocycles. The zero-order valence-electron chi connectivity index (χ0n) is 19.9. The van der Waals surface area contributed by atoms with Crippen LogP contribution in [0.4, 0.5) is 5.69 Å². The van der Waals surface area contributed by atoms with Gasteiger partial charge in [0.2, 0.25) is 0 Å². The van der Waals surface area contributed by atoms with E-state index in [1.807, 2.05) is 30.3 Å². The van der Waals surface area contributed by atoms with E-state index in [1.165, 1.54) is 24.1 Å². The van der Waals surface area contributed by atoms with E-state index in [0.717, 1.165) is 10.8 Å². The Bertz CT molecular complexity index is 1570. The first kappa shape index (κ1) is 23.8. The van der Waals surface area contributed by atoms with Crippen LogP contribution in [-0.2, 0) is 25.5 Å². The Morgan fingerprint density at radius 1 is 0.892 bits per heavy atom. The van der Waals surface area contributed by atoms with Gasteiger partial charge < -0.3 is 14.9 Å². The Morgan fingerprint density at radius 2 is 1.62 bits per heavy atom. The predicted octanol–water partition coefficient (Wildman–Crippen LogP) is 4.89. The number of amides is 1. The monoisotopic (exact) mass is 493 g/mol. The van der Waals surface area contributed by atoms with Crippen LogP contribution in [0.5, 0.6) is 5.75 Å². The number of aliphatic hydroxyl groups is 1. The molecule has 4 aromatic carbocycles. The lowest BCUT2D eigenvalue weighted by molar-refractivity contribution is -0.139. The van der Waals surface area contributed by atoms with Crippen LogP contribution < -0.4 is 4.90 Å². The molecule has 7 nitrogen and oxygen atoms in total. The maximum atomic E-state index is 13.4. The summed E-state index contributed by atoms with van der Waals surface area (Å²) in [7, 11) is 1.31. The normalized spacial score (nSPS) is 16.8. The van der Waals surface area contributed by atoms with Crippen LogP contribution in [0.3, 0.4) is 0 Å². The molecule has 1 aliphatic rings. The smallest absolute Gasteiger partial charge is 0.309 e. The zero-order valence-corrected chi connectivity index (χ0v) is 19.9. The van der Waals surface area contributed by atoms with Crippen molar-refractivity contribution >= 4 is 39.9 Å². The van der Waals surface area contributed by atoms with E-state index >= 15 is 0 Å². The fourth-order valence-electron chi connectivity index (χ4n) is 4.61. The molecular weight excluding hydrogens is 470 g/mol. The predicted molar refractivity (Wildman–Crippen MR) is 139 cm³/mol. The molecule has 0 bridgehead atoms. The maximum absolute atomic E-state index is 13.4. The average Bonchev–Trinajstić information content (AvgIpc) is 3.18. The number of phenolic OH excluding ortho intramolecular Hbond substituents is 1. The molecule has 1 amide bonds. The van der Waals surface area contributed by atoms with Crippen LogP contribution in [-0.4, -0.2) is 35.0 Å². The lowest BCUT2D eigenvalue weighted by atomic mass is 9.94. The second-order valence-corrected chi connectivity index (χ2v) is 8.75. The summed E-state index contributed by atoms with van der Waals surface area (Å²) in [6, 6.07) is 24.8. The van der Waals surface area contributed by atoms with Crippen molar-refractivity contribution in [3.8, 4) is 5.75 Å². The molecule has 0 radical (unpaired) electrons. The molecule has 1 atom stereocenters. The number of aromatic hydroxyl groups is 1. The van der Waals surface area contributed by atoms with Gasteiger partial charge in [-0.05, 0) is 52.2 Å². The fraction of sp³-hybridized carbons (Fsp3) is 0.100. The molecule has 0 aliphatic carbocycles. The van der Waals surface area contributed by atoms with E-state index in [2.05, 4.69) is 0 Å². The molecule has 37 heavy (non-hydrogen) atoms. The Balaban J connectivity index is 1.65. The van der Waals surface area contributed by atoms with Crippen LogP contribution in [0.25, 0.3) is 16.5 Å². The van der Waals surface area contributed by atoms with E-state index in [1.54, 1.807) is 48.5 Å². The third kappa shape index (κ3) is 4.43. The average molecular weight is 494 g/mol. The van der Waals surface area contributed by atoms with E-state index in [9.17, 15) is 24.6 Å². The summed E-state index contributed by atoms with van der Waals surface area (Å²) in [5.74, 6) is -2.39. The number of benzene rings is 4. The Labute approximate surface area is 212 Å². The fourth-order valence-corrected chi connectivity index (χ4v) is 4.61. The number of rotatable bonds is 5. The lowest BCUT2D eigenvalue weighted by Gasteiger charge is -2.25. The molecule has 1 unspecified atom stereocenters. The van der Waals surface area contributed by atoms with E-state index < -0.39 is 23.7 Å². The second kappa shape index (κ2) is 9.62. The van der Waals surface area contributed by atoms with Crippen LogP contribution in [0.1, 0.15) is 22.7 Å². The number of ketones is 1. The standard InChI is InChI=1S/C30H23NO6/c1-37-25(33)15-18-9-13-23(14-10-18)31-27(21-7-4-8-24(32)17-21)26(29(35)30(31)36)28(34)22-12-11-19-5-2-3-6-20(19)16-22/h2-14,16-17,27,32,34H,15H2,1H3/b28-26-. The SMILES string of the molecule is COC(=O)Cc1ccc(N2C(=O)C(=O)/C(=C(\O)c3ccc4ccccc4c3)C2c2cccc(O)c2)cc1. The van der Waals surface area contributed by atoms with Crippen molar-refractivity contribution in [2.24, 2.45) is 0 Å². The van der Waals surface area contributed by atoms with E-state index in [4.69, 9.17) is 4.74 Å². The van der Waals surface area contributed by atoms with Crippen LogP contribution in [0.2, 0.25) is 0 Å². The van der Waals surface area contributed by atoms with Crippen molar-refractivity contribution in [2.75, 3.05) is 12.0 Å². The van der Waals surface area contributed by atoms with Gasteiger partial charge in [0.15, 0.2) is 0 Å². The summed E-state index contributed by atoms with van der Waals surface area (Å²) in [6.45, 7) is 0. The van der Waals surface area contributed by atoms with Gasteiger partial charge in [-0.1, -0.05) is 60.7 Å². The van der Waals surface area contributed by atoms with Gasteiger partial charge >= 0.3 is 5.97 Å². The number of nitrogens with zero attached hydrogens (tertiary/aromatic N) is 1. The quantitative estimate of drug-likeness (QED) is 0.178. The van der Waals surface area contributed by atoms with Crippen molar-refractivity contribution in [1.29, 1.82) is 0 Å². The minimum atomic E-state index is -0.981. The third-order valence-electron chi connectivity index (χ3n) is 6.44. The summed E-state index contributed by atoms with van der Waals surface area (Å²) in [4.78, 5) is 39.6.